The Bertz CT molecular complexity index is 977. The molecule has 0 aliphatic rings. The number of halogens is 1. The van der Waals surface area contributed by atoms with E-state index in [0.717, 1.165) is 22.6 Å². The van der Waals surface area contributed by atoms with Crippen LogP contribution in [-0.2, 0) is 4.79 Å². The standard InChI is InChI=1S/C21H23ClN4OS/c1-14-6-5-7-15(12-14)19-24-25-20(28-13-18(27)23-21(2,3)4)26(19)17-10-8-16(22)9-11-17/h5-12H,13H2,1-4H3,(H,23,27). The minimum atomic E-state index is -0.270. The van der Waals surface area contributed by atoms with Crippen molar-refractivity contribution in [1.82, 2.24) is 20.1 Å². The second-order valence-electron chi connectivity index (χ2n) is 7.57. The van der Waals surface area contributed by atoms with Crippen molar-refractivity contribution in [2.45, 2.75) is 38.4 Å². The van der Waals surface area contributed by atoms with Crippen molar-refractivity contribution in [3.63, 3.8) is 0 Å². The van der Waals surface area contributed by atoms with E-state index in [1.165, 1.54) is 11.8 Å². The lowest BCUT2D eigenvalue weighted by molar-refractivity contribution is -0.119. The lowest BCUT2D eigenvalue weighted by Gasteiger charge is -2.20. The highest BCUT2D eigenvalue weighted by Gasteiger charge is 2.19. The summed E-state index contributed by atoms with van der Waals surface area (Å²) in [5, 5.41) is 13.0. The Morgan fingerprint density at radius 1 is 1.14 bits per heavy atom. The minimum Gasteiger partial charge on any atom is -0.351 e. The molecule has 146 valence electrons. The number of nitrogens with one attached hydrogen (secondary N) is 1. The molecule has 28 heavy (non-hydrogen) atoms. The Morgan fingerprint density at radius 2 is 1.86 bits per heavy atom. The van der Waals surface area contributed by atoms with Crippen molar-refractivity contribution in [3.05, 3.63) is 59.1 Å². The van der Waals surface area contributed by atoms with Gasteiger partial charge in [0.1, 0.15) is 0 Å². The molecule has 0 unspecified atom stereocenters. The fraction of sp³-hybridized carbons (Fsp3) is 0.286. The molecule has 0 saturated carbocycles. The maximum absolute atomic E-state index is 12.2. The number of rotatable bonds is 5. The van der Waals surface area contributed by atoms with E-state index in [2.05, 4.69) is 21.6 Å². The third kappa shape index (κ3) is 5.14. The van der Waals surface area contributed by atoms with Crippen molar-refractivity contribution < 1.29 is 4.79 Å². The lowest BCUT2D eigenvalue weighted by Crippen LogP contribution is -2.41. The first-order chi connectivity index (χ1) is 13.2. The molecule has 0 spiro atoms. The summed E-state index contributed by atoms with van der Waals surface area (Å²) in [4.78, 5) is 12.2. The molecule has 5 nitrogen and oxygen atoms in total. The van der Waals surface area contributed by atoms with Gasteiger partial charge in [-0.15, -0.1) is 10.2 Å². The van der Waals surface area contributed by atoms with Crippen LogP contribution in [0, 0.1) is 6.92 Å². The first-order valence-corrected chi connectivity index (χ1v) is 10.3. The largest absolute Gasteiger partial charge is 0.351 e. The predicted octanol–water partition coefficient (Wildman–Crippen LogP) is 4.90. The molecule has 2 aromatic carbocycles. The number of amides is 1. The summed E-state index contributed by atoms with van der Waals surface area (Å²) in [5.74, 6) is 0.946. The first-order valence-electron chi connectivity index (χ1n) is 8.95. The van der Waals surface area contributed by atoms with Gasteiger partial charge in [-0.2, -0.15) is 0 Å². The van der Waals surface area contributed by atoms with Gasteiger partial charge in [0.15, 0.2) is 11.0 Å². The average molecular weight is 415 g/mol. The van der Waals surface area contributed by atoms with Crippen LogP contribution in [0.2, 0.25) is 5.02 Å². The summed E-state index contributed by atoms with van der Waals surface area (Å²) in [6, 6.07) is 15.6. The van der Waals surface area contributed by atoms with Crippen LogP contribution in [0.1, 0.15) is 26.3 Å². The molecule has 7 heteroatoms. The summed E-state index contributed by atoms with van der Waals surface area (Å²) in [6.45, 7) is 7.92. The van der Waals surface area contributed by atoms with Crippen LogP contribution in [0.4, 0.5) is 0 Å². The van der Waals surface area contributed by atoms with Crippen LogP contribution < -0.4 is 5.32 Å². The van der Waals surface area contributed by atoms with E-state index in [0.29, 0.717) is 10.2 Å². The molecule has 0 aliphatic carbocycles. The molecule has 1 heterocycles. The molecule has 3 rings (SSSR count). The molecule has 0 aliphatic heterocycles. The molecule has 0 bridgehead atoms. The van der Waals surface area contributed by atoms with Crippen LogP contribution in [0.3, 0.4) is 0 Å². The Balaban J connectivity index is 1.96. The number of nitrogens with zero attached hydrogens (tertiary/aromatic N) is 3. The van der Waals surface area contributed by atoms with E-state index >= 15 is 0 Å². The molecule has 1 aromatic heterocycles. The average Bonchev–Trinajstić information content (AvgIpc) is 3.03. The monoisotopic (exact) mass is 414 g/mol. The summed E-state index contributed by atoms with van der Waals surface area (Å²) in [5.41, 5.74) is 2.73. The van der Waals surface area contributed by atoms with Gasteiger partial charge in [-0.1, -0.05) is 47.1 Å². The van der Waals surface area contributed by atoms with Crippen LogP contribution in [0.15, 0.2) is 53.7 Å². The van der Waals surface area contributed by atoms with Crippen LogP contribution in [-0.4, -0.2) is 32.0 Å². The zero-order chi connectivity index (χ0) is 20.3. The van der Waals surface area contributed by atoms with E-state index < -0.39 is 0 Å². The fourth-order valence-corrected chi connectivity index (χ4v) is 3.62. The Labute approximate surface area is 174 Å². The maximum Gasteiger partial charge on any atom is 0.230 e. The molecule has 1 amide bonds. The third-order valence-electron chi connectivity index (χ3n) is 3.84. The van der Waals surface area contributed by atoms with Crippen molar-refractivity contribution >= 4 is 29.3 Å². The second-order valence-corrected chi connectivity index (χ2v) is 8.95. The number of aromatic nitrogens is 3. The van der Waals surface area contributed by atoms with Crippen molar-refractivity contribution in [3.8, 4) is 17.1 Å². The first kappa shape index (κ1) is 20.4. The van der Waals surface area contributed by atoms with Gasteiger partial charge >= 0.3 is 0 Å². The zero-order valence-corrected chi connectivity index (χ0v) is 17.9. The molecule has 0 fully saturated rings. The topological polar surface area (TPSA) is 59.8 Å². The van der Waals surface area contributed by atoms with Crippen molar-refractivity contribution in [2.75, 3.05) is 5.75 Å². The van der Waals surface area contributed by atoms with Gasteiger partial charge in [0, 0.05) is 21.8 Å². The molecular formula is C21H23ClN4OS. The van der Waals surface area contributed by atoms with E-state index in [4.69, 9.17) is 11.6 Å². The SMILES string of the molecule is Cc1cccc(-c2nnc(SCC(=O)NC(C)(C)C)n2-c2ccc(Cl)cc2)c1. The molecule has 0 saturated heterocycles. The predicted molar refractivity (Wildman–Crippen MR) is 115 cm³/mol. The van der Waals surface area contributed by atoms with E-state index in [9.17, 15) is 4.79 Å². The quantitative estimate of drug-likeness (QED) is 0.603. The maximum atomic E-state index is 12.2. The van der Waals surface area contributed by atoms with Gasteiger partial charge in [-0.05, 0) is 58.0 Å². The summed E-state index contributed by atoms with van der Waals surface area (Å²) in [6.07, 6.45) is 0. The van der Waals surface area contributed by atoms with Gasteiger partial charge in [-0.3, -0.25) is 9.36 Å². The number of carbonyl (C=O) groups excluding carboxylic acids is 1. The van der Waals surface area contributed by atoms with E-state index in [-0.39, 0.29) is 17.2 Å². The third-order valence-corrected chi connectivity index (χ3v) is 5.02. The highest BCUT2D eigenvalue weighted by molar-refractivity contribution is 7.99. The van der Waals surface area contributed by atoms with E-state index in [1.807, 2.05) is 74.7 Å². The van der Waals surface area contributed by atoms with E-state index in [1.54, 1.807) is 0 Å². The van der Waals surface area contributed by atoms with Gasteiger partial charge in [0.05, 0.1) is 5.75 Å². The number of thioether (sulfide) groups is 1. The second kappa shape index (κ2) is 8.37. The summed E-state index contributed by atoms with van der Waals surface area (Å²) in [7, 11) is 0. The summed E-state index contributed by atoms with van der Waals surface area (Å²) < 4.78 is 1.96. The number of benzene rings is 2. The Hall–Kier alpha value is -2.31. The fourth-order valence-electron chi connectivity index (χ4n) is 2.74. The van der Waals surface area contributed by atoms with Crippen LogP contribution in [0.25, 0.3) is 17.1 Å². The molecular weight excluding hydrogens is 392 g/mol. The van der Waals surface area contributed by atoms with Gasteiger partial charge < -0.3 is 5.32 Å². The number of aryl methyl sites for hydroxylation is 1. The van der Waals surface area contributed by atoms with Crippen molar-refractivity contribution in [2.24, 2.45) is 0 Å². The summed E-state index contributed by atoms with van der Waals surface area (Å²) >= 11 is 7.41. The molecule has 3 aromatic rings. The lowest BCUT2D eigenvalue weighted by atomic mass is 10.1. The highest BCUT2D eigenvalue weighted by Crippen LogP contribution is 2.29. The van der Waals surface area contributed by atoms with Crippen LogP contribution in [0.5, 0.6) is 0 Å². The Kier molecular flexibility index (Phi) is 6.10. The molecule has 0 radical (unpaired) electrons. The van der Waals surface area contributed by atoms with Gasteiger partial charge in [0.2, 0.25) is 5.91 Å². The smallest absolute Gasteiger partial charge is 0.230 e. The molecule has 1 N–H and O–H groups in total. The van der Waals surface area contributed by atoms with Gasteiger partial charge in [-0.25, -0.2) is 0 Å². The zero-order valence-electron chi connectivity index (χ0n) is 16.4. The number of hydrogen-bond donors (Lipinski definition) is 1. The Morgan fingerprint density at radius 3 is 2.50 bits per heavy atom. The number of carbonyl (C=O) groups is 1. The van der Waals surface area contributed by atoms with Crippen LogP contribution >= 0.6 is 23.4 Å². The molecule has 0 atom stereocenters. The number of hydrogen-bond acceptors (Lipinski definition) is 4. The highest BCUT2D eigenvalue weighted by atomic mass is 35.5. The minimum absolute atomic E-state index is 0.0414. The normalized spacial score (nSPS) is 11.5. The van der Waals surface area contributed by atoms with Crippen molar-refractivity contribution in [1.29, 1.82) is 0 Å². The van der Waals surface area contributed by atoms with Gasteiger partial charge in [0.25, 0.3) is 0 Å².